The van der Waals surface area contributed by atoms with Gasteiger partial charge in [-0.1, -0.05) is 23.7 Å². The molecule has 0 bridgehead atoms. The van der Waals surface area contributed by atoms with Gasteiger partial charge in [0, 0.05) is 54.8 Å². The molecule has 0 radical (unpaired) electrons. The summed E-state index contributed by atoms with van der Waals surface area (Å²) < 4.78 is 28.6. The first-order valence-corrected chi connectivity index (χ1v) is 14.0. The third-order valence-electron chi connectivity index (χ3n) is 8.15. The zero-order chi connectivity index (χ0) is 25.1. The summed E-state index contributed by atoms with van der Waals surface area (Å²) in [6.45, 7) is 2.53. The quantitative estimate of drug-likeness (QED) is 0.523. The minimum absolute atomic E-state index is 0.134. The van der Waals surface area contributed by atoms with Gasteiger partial charge < -0.3 is 9.80 Å². The first kappa shape index (κ1) is 23.7. The van der Waals surface area contributed by atoms with Crippen molar-refractivity contribution in [2.45, 2.75) is 29.4 Å². The minimum Gasteiger partial charge on any atom is -0.371 e. The fourth-order valence-electron chi connectivity index (χ4n) is 5.96. The van der Waals surface area contributed by atoms with Crippen LogP contribution in [-0.2, 0) is 14.8 Å². The van der Waals surface area contributed by atoms with Gasteiger partial charge in [-0.2, -0.15) is 4.31 Å². The standard InChI is InChI=1S/C26H28ClN5O3S/c1-29-24-16-31(36(34,35)23-5-3-19-14-21(27)4-2-20(19)15-23)17-25(33)32(24)18-26(29)8-12-30(13-9-26)22-6-10-28-11-7-22/h2-7,10-11,14-15,24H,8-9,12-13,16-18H2,1H3. The molecular formula is C26H28ClN5O3S. The lowest BCUT2D eigenvalue weighted by Gasteiger charge is -2.44. The van der Waals surface area contributed by atoms with Gasteiger partial charge in [-0.05, 0) is 67.1 Å². The van der Waals surface area contributed by atoms with E-state index in [1.165, 1.54) is 4.31 Å². The number of carbonyl (C=O) groups is 1. The molecule has 6 rings (SSSR count). The van der Waals surface area contributed by atoms with Gasteiger partial charge in [0.2, 0.25) is 15.9 Å². The molecule has 1 aromatic heterocycles. The number of carbonyl (C=O) groups excluding carboxylic acids is 1. The predicted molar refractivity (Wildman–Crippen MR) is 139 cm³/mol. The average Bonchev–Trinajstić information content (AvgIpc) is 3.16. The second-order valence-corrected chi connectivity index (χ2v) is 12.4. The van der Waals surface area contributed by atoms with E-state index in [0.717, 1.165) is 42.4 Å². The van der Waals surface area contributed by atoms with Crippen molar-refractivity contribution in [1.82, 2.24) is 19.1 Å². The molecule has 0 aliphatic carbocycles. The summed E-state index contributed by atoms with van der Waals surface area (Å²) in [6.07, 6.45) is 5.16. The fraction of sp³-hybridized carbons (Fsp3) is 0.385. The van der Waals surface area contributed by atoms with Crippen LogP contribution in [0.2, 0.25) is 5.02 Å². The van der Waals surface area contributed by atoms with Crippen molar-refractivity contribution in [3.8, 4) is 0 Å². The zero-order valence-electron chi connectivity index (χ0n) is 20.0. The van der Waals surface area contributed by atoms with Gasteiger partial charge in [-0.15, -0.1) is 0 Å². The van der Waals surface area contributed by atoms with Crippen molar-refractivity contribution in [3.05, 3.63) is 65.9 Å². The van der Waals surface area contributed by atoms with Gasteiger partial charge in [0.05, 0.1) is 17.6 Å². The molecule has 1 spiro atoms. The third-order valence-corrected chi connectivity index (χ3v) is 10.2. The lowest BCUT2D eigenvalue weighted by atomic mass is 9.86. The number of anilines is 1. The maximum absolute atomic E-state index is 13.6. The Labute approximate surface area is 216 Å². The summed E-state index contributed by atoms with van der Waals surface area (Å²) in [5.41, 5.74) is 1.01. The maximum atomic E-state index is 13.6. The SMILES string of the molecule is CN1C2CN(S(=O)(=O)c3ccc4cc(Cl)ccc4c3)CC(=O)N2CC12CCN(c1ccncc1)CC2. The highest BCUT2D eigenvalue weighted by atomic mass is 35.5. The normalized spacial score (nSPS) is 22.9. The molecule has 3 aliphatic heterocycles. The molecule has 1 unspecified atom stereocenters. The van der Waals surface area contributed by atoms with Crippen LogP contribution >= 0.6 is 11.6 Å². The molecular weight excluding hydrogens is 498 g/mol. The largest absolute Gasteiger partial charge is 0.371 e. The van der Waals surface area contributed by atoms with Crippen LogP contribution < -0.4 is 4.90 Å². The molecule has 3 aliphatic rings. The summed E-state index contributed by atoms with van der Waals surface area (Å²) in [4.78, 5) is 24.0. The van der Waals surface area contributed by atoms with Crippen LogP contribution in [0, 0.1) is 0 Å². The highest BCUT2D eigenvalue weighted by Gasteiger charge is 2.54. The van der Waals surface area contributed by atoms with E-state index >= 15 is 0 Å². The number of pyridine rings is 1. The first-order valence-electron chi connectivity index (χ1n) is 12.1. The molecule has 4 heterocycles. The van der Waals surface area contributed by atoms with Crippen LogP contribution in [0.3, 0.4) is 0 Å². The molecule has 188 valence electrons. The number of fused-ring (bicyclic) bond motifs is 2. The van der Waals surface area contributed by atoms with Crippen LogP contribution in [0.4, 0.5) is 5.69 Å². The van der Waals surface area contributed by atoms with Crippen LogP contribution in [0.1, 0.15) is 12.8 Å². The van der Waals surface area contributed by atoms with Crippen molar-refractivity contribution in [1.29, 1.82) is 0 Å². The van der Waals surface area contributed by atoms with Gasteiger partial charge in [-0.25, -0.2) is 8.42 Å². The molecule has 36 heavy (non-hydrogen) atoms. The van der Waals surface area contributed by atoms with E-state index in [0.29, 0.717) is 11.6 Å². The summed E-state index contributed by atoms with van der Waals surface area (Å²) in [6, 6.07) is 14.4. The Balaban J connectivity index is 1.22. The van der Waals surface area contributed by atoms with Gasteiger partial charge in [0.1, 0.15) is 0 Å². The van der Waals surface area contributed by atoms with E-state index < -0.39 is 10.0 Å². The number of benzene rings is 2. The number of rotatable bonds is 3. The molecule has 2 aromatic carbocycles. The smallest absolute Gasteiger partial charge is 0.243 e. The Hall–Kier alpha value is -2.72. The van der Waals surface area contributed by atoms with E-state index in [-0.39, 0.29) is 35.6 Å². The van der Waals surface area contributed by atoms with Crippen molar-refractivity contribution in [3.63, 3.8) is 0 Å². The Kier molecular flexibility index (Phi) is 5.71. The zero-order valence-corrected chi connectivity index (χ0v) is 21.6. The second kappa shape index (κ2) is 8.69. The lowest BCUT2D eigenvalue weighted by Crippen LogP contribution is -2.59. The number of sulfonamides is 1. The number of aromatic nitrogens is 1. The molecule has 3 fully saturated rings. The predicted octanol–water partition coefficient (Wildman–Crippen LogP) is 3.03. The number of amides is 1. The molecule has 3 saturated heterocycles. The third kappa shape index (κ3) is 3.85. The van der Waals surface area contributed by atoms with Gasteiger partial charge in [-0.3, -0.25) is 14.7 Å². The van der Waals surface area contributed by atoms with Crippen molar-refractivity contribution in [2.75, 3.05) is 44.7 Å². The van der Waals surface area contributed by atoms with Crippen LogP contribution in [-0.4, -0.2) is 84.9 Å². The van der Waals surface area contributed by atoms with Crippen LogP contribution in [0.25, 0.3) is 10.8 Å². The summed E-state index contributed by atoms with van der Waals surface area (Å²) >= 11 is 6.07. The average molecular weight is 526 g/mol. The first-order chi connectivity index (χ1) is 17.3. The van der Waals surface area contributed by atoms with Crippen LogP contribution in [0.5, 0.6) is 0 Å². The van der Waals surface area contributed by atoms with E-state index in [1.54, 1.807) is 36.7 Å². The van der Waals surface area contributed by atoms with E-state index in [2.05, 4.69) is 14.8 Å². The Morgan fingerprint density at radius 3 is 2.44 bits per heavy atom. The van der Waals surface area contributed by atoms with Gasteiger partial charge in [0.15, 0.2) is 0 Å². The van der Waals surface area contributed by atoms with Gasteiger partial charge in [0.25, 0.3) is 0 Å². The number of piperazine rings is 1. The topological polar surface area (TPSA) is 77.1 Å². The maximum Gasteiger partial charge on any atom is 0.243 e. The number of likely N-dealkylation sites (N-methyl/N-ethyl adjacent to an activating group) is 1. The Morgan fingerprint density at radius 2 is 1.69 bits per heavy atom. The van der Waals surface area contributed by atoms with Crippen molar-refractivity contribution in [2.24, 2.45) is 0 Å². The van der Waals surface area contributed by atoms with Gasteiger partial charge >= 0.3 is 0 Å². The molecule has 1 amide bonds. The van der Waals surface area contributed by atoms with E-state index in [9.17, 15) is 13.2 Å². The number of halogens is 1. The summed E-state index contributed by atoms with van der Waals surface area (Å²) in [7, 11) is -1.80. The second-order valence-electron chi connectivity index (χ2n) is 9.98. The number of piperidine rings is 1. The van der Waals surface area contributed by atoms with E-state index in [4.69, 9.17) is 11.6 Å². The Bertz CT molecular complexity index is 1430. The van der Waals surface area contributed by atoms with Crippen LogP contribution in [0.15, 0.2) is 65.8 Å². The highest BCUT2D eigenvalue weighted by Crippen LogP contribution is 2.40. The molecule has 8 nitrogen and oxygen atoms in total. The van der Waals surface area contributed by atoms with E-state index in [1.807, 2.05) is 36.2 Å². The monoisotopic (exact) mass is 525 g/mol. The highest BCUT2D eigenvalue weighted by molar-refractivity contribution is 7.89. The summed E-state index contributed by atoms with van der Waals surface area (Å²) in [5.74, 6) is -0.136. The minimum atomic E-state index is -3.83. The van der Waals surface area contributed by atoms with Crippen molar-refractivity contribution >= 4 is 44.0 Å². The molecule has 0 N–H and O–H groups in total. The van der Waals surface area contributed by atoms with Crippen molar-refractivity contribution < 1.29 is 13.2 Å². The number of hydrogen-bond acceptors (Lipinski definition) is 6. The summed E-state index contributed by atoms with van der Waals surface area (Å²) in [5, 5.41) is 2.27. The fourth-order valence-corrected chi connectivity index (χ4v) is 7.56. The lowest BCUT2D eigenvalue weighted by molar-refractivity contribution is -0.137. The number of nitrogens with zero attached hydrogens (tertiary/aromatic N) is 5. The Morgan fingerprint density at radius 1 is 1.00 bits per heavy atom. The molecule has 10 heteroatoms. The molecule has 1 atom stereocenters. The molecule has 3 aromatic rings. The number of hydrogen-bond donors (Lipinski definition) is 0. The molecule has 0 saturated carbocycles.